The van der Waals surface area contributed by atoms with E-state index in [4.69, 9.17) is 10.8 Å². The monoisotopic (exact) mass is 202 g/mol. The molecule has 0 heterocycles. The number of carboxylic acid groups (broad SMARTS) is 1. The lowest BCUT2D eigenvalue weighted by Gasteiger charge is -2.17. The number of hydrogen-bond acceptors (Lipinski definition) is 3. The highest BCUT2D eigenvalue weighted by Crippen LogP contribution is 2.08. The van der Waals surface area contributed by atoms with E-state index in [2.05, 4.69) is 19.2 Å². The molecule has 0 spiro atoms. The van der Waals surface area contributed by atoms with Crippen molar-refractivity contribution in [3.05, 3.63) is 0 Å². The van der Waals surface area contributed by atoms with Crippen LogP contribution in [0.1, 0.15) is 33.6 Å². The van der Waals surface area contributed by atoms with Crippen molar-refractivity contribution in [3.8, 4) is 0 Å². The maximum Gasteiger partial charge on any atom is 0.303 e. The van der Waals surface area contributed by atoms with Crippen LogP contribution in [0.2, 0.25) is 0 Å². The van der Waals surface area contributed by atoms with E-state index in [0.717, 1.165) is 13.0 Å². The second-order valence-corrected chi connectivity index (χ2v) is 4.26. The Bertz CT molecular complexity index is 172. The molecule has 4 N–H and O–H groups in total. The molecule has 0 saturated carbocycles. The molecular weight excluding hydrogens is 180 g/mol. The van der Waals surface area contributed by atoms with Gasteiger partial charge in [0.2, 0.25) is 0 Å². The smallest absolute Gasteiger partial charge is 0.303 e. The third kappa shape index (κ3) is 8.01. The topological polar surface area (TPSA) is 75.3 Å². The fourth-order valence-electron chi connectivity index (χ4n) is 1.37. The van der Waals surface area contributed by atoms with E-state index in [1.54, 1.807) is 0 Å². The van der Waals surface area contributed by atoms with Crippen molar-refractivity contribution >= 4 is 5.97 Å². The van der Waals surface area contributed by atoms with Gasteiger partial charge in [-0.15, -0.1) is 0 Å². The van der Waals surface area contributed by atoms with E-state index < -0.39 is 5.97 Å². The van der Waals surface area contributed by atoms with Gasteiger partial charge in [0.15, 0.2) is 0 Å². The predicted octanol–water partition coefficient (Wildman–Crippen LogP) is 0.813. The van der Waals surface area contributed by atoms with Crippen molar-refractivity contribution in [2.75, 3.05) is 6.54 Å². The van der Waals surface area contributed by atoms with Crippen LogP contribution in [-0.2, 0) is 4.79 Å². The van der Waals surface area contributed by atoms with Crippen LogP contribution in [0.25, 0.3) is 0 Å². The minimum atomic E-state index is -0.749. The molecule has 4 nitrogen and oxygen atoms in total. The molecule has 4 heteroatoms. The summed E-state index contributed by atoms with van der Waals surface area (Å²) in [5.41, 5.74) is 5.84. The van der Waals surface area contributed by atoms with Crippen LogP contribution in [0.5, 0.6) is 0 Å². The Balaban J connectivity index is 3.59. The maximum absolute atomic E-state index is 10.4. The summed E-state index contributed by atoms with van der Waals surface area (Å²) in [6.07, 6.45) is 0.960. The summed E-state index contributed by atoms with van der Waals surface area (Å²) in [6.45, 7) is 6.80. The summed E-state index contributed by atoms with van der Waals surface area (Å²) in [5, 5.41) is 11.8. The Labute approximate surface area is 85.9 Å². The minimum absolute atomic E-state index is 0.0479. The number of nitrogens with one attached hydrogen (secondary N) is 1. The minimum Gasteiger partial charge on any atom is -0.481 e. The fraction of sp³-hybridized carbons (Fsp3) is 0.900. The molecule has 0 fully saturated rings. The number of aliphatic carboxylic acids is 1. The molecule has 0 unspecified atom stereocenters. The van der Waals surface area contributed by atoms with Gasteiger partial charge in [-0.05, 0) is 12.3 Å². The van der Waals surface area contributed by atoms with Crippen LogP contribution < -0.4 is 11.1 Å². The number of carboxylic acids is 1. The van der Waals surface area contributed by atoms with Crippen molar-refractivity contribution < 1.29 is 9.90 Å². The number of hydrogen-bond donors (Lipinski definition) is 3. The fourth-order valence-corrected chi connectivity index (χ4v) is 1.37. The highest BCUT2D eigenvalue weighted by atomic mass is 16.4. The molecule has 84 valence electrons. The lowest BCUT2D eigenvalue weighted by Crippen LogP contribution is -2.38. The number of carbonyl (C=O) groups is 1. The van der Waals surface area contributed by atoms with Crippen molar-refractivity contribution in [1.82, 2.24) is 5.32 Å². The molecule has 0 radical (unpaired) electrons. The normalized spacial score (nSPS) is 15.5. The van der Waals surface area contributed by atoms with Crippen LogP contribution >= 0.6 is 0 Å². The standard InChI is InChI=1S/C10H22N2O2/c1-7(2)12-6-9(11)4-8(3)5-10(13)14/h7-9,12H,4-6,11H2,1-3H3,(H,13,14)/t8-,9+/m1/s1. The largest absolute Gasteiger partial charge is 0.481 e. The zero-order valence-corrected chi connectivity index (χ0v) is 9.29. The zero-order valence-electron chi connectivity index (χ0n) is 9.29. The van der Waals surface area contributed by atoms with Gasteiger partial charge in [-0.25, -0.2) is 0 Å². The molecule has 0 saturated heterocycles. The average Bonchev–Trinajstić information content (AvgIpc) is 1.98. The molecule has 0 aliphatic heterocycles. The van der Waals surface area contributed by atoms with Gasteiger partial charge in [-0.3, -0.25) is 4.79 Å². The Morgan fingerprint density at radius 1 is 1.43 bits per heavy atom. The van der Waals surface area contributed by atoms with Gasteiger partial charge in [-0.1, -0.05) is 20.8 Å². The molecule has 0 aliphatic rings. The number of nitrogens with two attached hydrogens (primary N) is 1. The van der Waals surface area contributed by atoms with Crippen molar-refractivity contribution in [2.45, 2.75) is 45.7 Å². The molecule has 2 atom stereocenters. The van der Waals surface area contributed by atoms with Gasteiger partial charge in [0.1, 0.15) is 0 Å². The Hall–Kier alpha value is -0.610. The molecular formula is C10H22N2O2. The average molecular weight is 202 g/mol. The summed E-state index contributed by atoms with van der Waals surface area (Å²) >= 11 is 0. The summed E-state index contributed by atoms with van der Waals surface area (Å²) in [5.74, 6) is -0.599. The highest BCUT2D eigenvalue weighted by molar-refractivity contribution is 5.66. The Kier molecular flexibility index (Phi) is 6.49. The van der Waals surface area contributed by atoms with Crippen molar-refractivity contribution in [1.29, 1.82) is 0 Å². The Morgan fingerprint density at radius 2 is 2.00 bits per heavy atom. The molecule has 0 aliphatic carbocycles. The van der Waals surface area contributed by atoms with E-state index in [9.17, 15) is 4.79 Å². The third-order valence-electron chi connectivity index (χ3n) is 2.02. The lowest BCUT2D eigenvalue weighted by atomic mass is 9.99. The zero-order chi connectivity index (χ0) is 11.1. The molecule has 14 heavy (non-hydrogen) atoms. The maximum atomic E-state index is 10.4. The Morgan fingerprint density at radius 3 is 2.43 bits per heavy atom. The van der Waals surface area contributed by atoms with E-state index in [0.29, 0.717) is 6.04 Å². The van der Waals surface area contributed by atoms with E-state index in [1.165, 1.54) is 0 Å². The SMILES string of the molecule is CC(C)NC[C@@H](N)C[C@@H](C)CC(=O)O. The van der Waals surface area contributed by atoms with Crippen molar-refractivity contribution in [2.24, 2.45) is 11.7 Å². The second kappa shape index (κ2) is 6.79. The molecule has 0 amide bonds. The quantitative estimate of drug-likeness (QED) is 0.571. The van der Waals surface area contributed by atoms with Crippen LogP contribution in [0.4, 0.5) is 0 Å². The first-order valence-electron chi connectivity index (χ1n) is 5.12. The molecule has 0 aromatic heterocycles. The first-order chi connectivity index (χ1) is 6.41. The number of rotatable bonds is 7. The predicted molar refractivity (Wildman–Crippen MR) is 57.1 cm³/mol. The van der Waals surface area contributed by atoms with Crippen molar-refractivity contribution in [3.63, 3.8) is 0 Å². The molecule has 0 bridgehead atoms. The summed E-state index contributed by atoms with van der Waals surface area (Å²) < 4.78 is 0. The van der Waals surface area contributed by atoms with Gasteiger partial charge < -0.3 is 16.2 Å². The van der Waals surface area contributed by atoms with Crippen LogP contribution in [0, 0.1) is 5.92 Å². The van der Waals surface area contributed by atoms with Gasteiger partial charge in [-0.2, -0.15) is 0 Å². The van der Waals surface area contributed by atoms with E-state index >= 15 is 0 Å². The van der Waals surface area contributed by atoms with Gasteiger partial charge in [0.25, 0.3) is 0 Å². The third-order valence-corrected chi connectivity index (χ3v) is 2.02. The van der Waals surface area contributed by atoms with Gasteiger partial charge >= 0.3 is 5.97 Å². The molecule has 0 aromatic rings. The lowest BCUT2D eigenvalue weighted by molar-refractivity contribution is -0.138. The first-order valence-corrected chi connectivity index (χ1v) is 5.12. The summed E-state index contributed by atoms with van der Waals surface area (Å²) in [7, 11) is 0. The molecule has 0 aromatic carbocycles. The van der Waals surface area contributed by atoms with Gasteiger partial charge in [0, 0.05) is 25.0 Å². The van der Waals surface area contributed by atoms with Gasteiger partial charge in [0.05, 0.1) is 0 Å². The van der Waals surface area contributed by atoms with E-state index in [-0.39, 0.29) is 18.4 Å². The van der Waals surface area contributed by atoms with Crippen LogP contribution in [0.15, 0.2) is 0 Å². The molecule has 0 rings (SSSR count). The van der Waals surface area contributed by atoms with Crippen LogP contribution in [0.3, 0.4) is 0 Å². The van der Waals surface area contributed by atoms with Crippen LogP contribution in [-0.4, -0.2) is 29.7 Å². The van der Waals surface area contributed by atoms with E-state index in [1.807, 2.05) is 6.92 Å². The first kappa shape index (κ1) is 13.4. The summed E-state index contributed by atoms with van der Waals surface area (Å²) in [4.78, 5) is 10.4. The second-order valence-electron chi connectivity index (χ2n) is 4.26. The highest BCUT2D eigenvalue weighted by Gasteiger charge is 2.12. The summed E-state index contributed by atoms with van der Waals surface area (Å²) in [6, 6.07) is 0.475.